The van der Waals surface area contributed by atoms with E-state index in [1.807, 2.05) is 12.1 Å². The predicted molar refractivity (Wildman–Crippen MR) is 88.3 cm³/mol. The van der Waals surface area contributed by atoms with E-state index in [2.05, 4.69) is 5.32 Å². The number of hydrogen-bond donors (Lipinski definition) is 1. The van der Waals surface area contributed by atoms with Crippen molar-refractivity contribution in [1.82, 2.24) is 4.57 Å². The molecule has 0 aliphatic heterocycles. The molecular weight excluding hydrogens is 300 g/mol. The molecule has 0 bridgehead atoms. The maximum atomic E-state index is 12.2. The fraction of sp³-hybridized carbons (Fsp3) is 0.0588. The monoisotopic (exact) mass is 312 g/mol. The Kier molecular flexibility index (Phi) is 3.94. The second-order valence-electron chi connectivity index (χ2n) is 4.88. The van der Waals surface area contributed by atoms with Crippen molar-refractivity contribution in [2.24, 2.45) is 0 Å². The summed E-state index contributed by atoms with van der Waals surface area (Å²) < 4.78 is 1.75. The van der Waals surface area contributed by atoms with E-state index in [0.717, 1.165) is 5.52 Å². The Morgan fingerprint density at radius 2 is 1.91 bits per heavy atom. The minimum absolute atomic E-state index is 0.0536. The maximum absolute atomic E-state index is 12.2. The largest absolute Gasteiger partial charge is 0.338 e. The van der Waals surface area contributed by atoms with E-state index < -0.39 is 0 Å². The summed E-state index contributed by atoms with van der Waals surface area (Å²) in [6, 6.07) is 15.7. The van der Waals surface area contributed by atoms with Crippen molar-refractivity contribution in [3.05, 3.63) is 76.0 Å². The highest BCUT2D eigenvalue weighted by Gasteiger charge is 2.07. The number of benzene rings is 2. The summed E-state index contributed by atoms with van der Waals surface area (Å²) in [5.41, 5.74) is 1.32. The van der Waals surface area contributed by atoms with Crippen molar-refractivity contribution in [2.45, 2.75) is 6.54 Å². The van der Waals surface area contributed by atoms with Crippen LogP contribution in [-0.2, 0) is 11.3 Å². The Bertz CT molecular complexity index is 902. The molecule has 0 aliphatic carbocycles. The lowest BCUT2D eigenvalue weighted by molar-refractivity contribution is -0.116. The number of pyridine rings is 1. The van der Waals surface area contributed by atoms with E-state index in [0.29, 0.717) is 16.1 Å². The summed E-state index contributed by atoms with van der Waals surface area (Å²) in [4.78, 5) is 24.0. The third-order valence-corrected chi connectivity index (χ3v) is 3.54. The quantitative estimate of drug-likeness (QED) is 0.807. The molecule has 1 heterocycles. The summed E-state index contributed by atoms with van der Waals surface area (Å²) in [5.74, 6) is -0.184. The van der Waals surface area contributed by atoms with Crippen molar-refractivity contribution in [2.75, 3.05) is 5.32 Å². The van der Waals surface area contributed by atoms with Gasteiger partial charge in [0.25, 0.3) is 0 Å². The molecule has 3 aromatic rings. The van der Waals surface area contributed by atoms with Crippen molar-refractivity contribution < 1.29 is 4.79 Å². The van der Waals surface area contributed by atoms with Crippen LogP contribution in [0.2, 0.25) is 5.02 Å². The highest BCUT2D eigenvalue weighted by molar-refractivity contribution is 6.30. The minimum atomic E-state index is -0.184. The number of fused-ring (bicyclic) bond motifs is 1. The van der Waals surface area contributed by atoms with Gasteiger partial charge < -0.3 is 9.88 Å². The number of aromatic nitrogens is 1. The standard InChI is InChI=1S/C17H13ClN2O2/c18-12-4-3-5-13(10-12)19-17(22)11-20-9-8-16(21)14-6-1-2-7-15(14)20/h1-10H,11H2,(H,19,22). The molecule has 0 aliphatic rings. The zero-order valence-electron chi connectivity index (χ0n) is 11.6. The average Bonchev–Trinajstić information content (AvgIpc) is 2.50. The molecule has 1 amide bonds. The smallest absolute Gasteiger partial charge is 0.244 e. The second-order valence-corrected chi connectivity index (χ2v) is 5.32. The first-order valence-electron chi connectivity index (χ1n) is 6.77. The Labute approximate surface area is 132 Å². The number of nitrogens with zero attached hydrogens (tertiary/aromatic N) is 1. The number of halogens is 1. The second kappa shape index (κ2) is 6.03. The van der Waals surface area contributed by atoms with Gasteiger partial charge >= 0.3 is 0 Å². The minimum Gasteiger partial charge on any atom is -0.338 e. The summed E-state index contributed by atoms with van der Waals surface area (Å²) >= 11 is 5.89. The van der Waals surface area contributed by atoms with Crippen LogP contribution >= 0.6 is 11.6 Å². The van der Waals surface area contributed by atoms with Gasteiger partial charge in [-0.05, 0) is 30.3 Å². The van der Waals surface area contributed by atoms with Gasteiger partial charge in [-0.2, -0.15) is 0 Å². The van der Waals surface area contributed by atoms with E-state index in [4.69, 9.17) is 11.6 Å². The maximum Gasteiger partial charge on any atom is 0.244 e. The Balaban J connectivity index is 1.86. The highest BCUT2D eigenvalue weighted by atomic mass is 35.5. The molecule has 22 heavy (non-hydrogen) atoms. The SMILES string of the molecule is O=C(Cn1ccc(=O)c2ccccc21)Nc1cccc(Cl)c1. The number of nitrogens with one attached hydrogen (secondary N) is 1. The lowest BCUT2D eigenvalue weighted by Gasteiger charge is -2.11. The molecule has 0 saturated heterocycles. The molecule has 5 heteroatoms. The Morgan fingerprint density at radius 3 is 2.73 bits per heavy atom. The molecular formula is C17H13ClN2O2. The van der Waals surface area contributed by atoms with Crippen molar-refractivity contribution in [3.8, 4) is 0 Å². The first-order chi connectivity index (χ1) is 10.6. The van der Waals surface area contributed by atoms with E-state index >= 15 is 0 Å². The number of carbonyl (C=O) groups excluding carboxylic acids is 1. The Hall–Kier alpha value is -2.59. The summed E-state index contributed by atoms with van der Waals surface area (Å²) in [6.45, 7) is 0.118. The predicted octanol–water partition coefficient (Wildman–Crippen LogP) is 3.29. The normalized spacial score (nSPS) is 10.6. The van der Waals surface area contributed by atoms with Crippen LogP contribution in [0, 0.1) is 0 Å². The van der Waals surface area contributed by atoms with Gasteiger partial charge in [0, 0.05) is 28.4 Å². The van der Waals surface area contributed by atoms with Gasteiger partial charge in [-0.3, -0.25) is 9.59 Å². The third-order valence-electron chi connectivity index (χ3n) is 3.31. The van der Waals surface area contributed by atoms with Crippen molar-refractivity contribution in [1.29, 1.82) is 0 Å². The average molecular weight is 313 g/mol. The van der Waals surface area contributed by atoms with Gasteiger partial charge in [0.15, 0.2) is 5.43 Å². The van der Waals surface area contributed by atoms with Crippen LogP contribution in [0.25, 0.3) is 10.9 Å². The molecule has 0 unspecified atom stereocenters. The van der Waals surface area contributed by atoms with Gasteiger partial charge in [0.05, 0.1) is 5.52 Å². The van der Waals surface area contributed by atoms with Gasteiger partial charge in [0.1, 0.15) is 6.54 Å². The molecule has 2 aromatic carbocycles. The number of anilines is 1. The van der Waals surface area contributed by atoms with Crippen LogP contribution in [-0.4, -0.2) is 10.5 Å². The molecule has 4 nitrogen and oxygen atoms in total. The lowest BCUT2D eigenvalue weighted by atomic mass is 10.2. The number of rotatable bonds is 3. The van der Waals surface area contributed by atoms with Crippen LogP contribution in [0.5, 0.6) is 0 Å². The lowest BCUT2D eigenvalue weighted by Crippen LogP contribution is -2.20. The highest BCUT2D eigenvalue weighted by Crippen LogP contribution is 2.15. The van der Waals surface area contributed by atoms with Crippen LogP contribution in [0.1, 0.15) is 0 Å². The molecule has 1 aromatic heterocycles. The molecule has 0 saturated carbocycles. The number of para-hydroxylation sites is 1. The summed E-state index contributed by atoms with van der Waals surface area (Å²) in [7, 11) is 0. The fourth-order valence-electron chi connectivity index (χ4n) is 2.32. The van der Waals surface area contributed by atoms with Gasteiger partial charge in [-0.15, -0.1) is 0 Å². The van der Waals surface area contributed by atoms with Gasteiger partial charge in [-0.1, -0.05) is 29.8 Å². The van der Waals surface area contributed by atoms with Crippen LogP contribution in [0.15, 0.2) is 65.6 Å². The zero-order chi connectivity index (χ0) is 15.5. The van der Waals surface area contributed by atoms with E-state index in [-0.39, 0.29) is 17.9 Å². The van der Waals surface area contributed by atoms with Crippen LogP contribution in [0.3, 0.4) is 0 Å². The molecule has 1 N–H and O–H groups in total. The fourth-order valence-corrected chi connectivity index (χ4v) is 2.51. The summed E-state index contributed by atoms with van der Waals surface area (Å²) in [5, 5.41) is 3.95. The molecule has 0 fully saturated rings. The zero-order valence-corrected chi connectivity index (χ0v) is 12.4. The first-order valence-corrected chi connectivity index (χ1v) is 7.15. The summed E-state index contributed by atoms with van der Waals surface area (Å²) in [6.07, 6.45) is 1.63. The third kappa shape index (κ3) is 3.02. The van der Waals surface area contributed by atoms with Crippen molar-refractivity contribution >= 4 is 34.1 Å². The van der Waals surface area contributed by atoms with Crippen LogP contribution < -0.4 is 10.7 Å². The van der Waals surface area contributed by atoms with Crippen LogP contribution in [0.4, 0.5) is 5.69 Å². The van der Waals surface area contributed by atoms with E-state index in [1.165, 1.54) is 6.07 Å². The first kappa shape index (κ1) is 14.4. The van der Waals surface area contributed by atoms with Gasteiger partial charge in [0.2, 0.25) is 5.91 Å². The van der Waals surface area contributed by atoms with E-state index in [9.17, 15) is 9.59 Å². The topological polar surface area (TPSA) is 51.1 Å². The molecule has 0 atom stereocenters. The molecule has 0 radical (unpaired) electrons. The van der Waals surface area contributed by atoms with E-state index in [1.54, 1.807) is 47.2 Å². The molecule has 0 spiro atoms. The van der Waals surface area contributed by atoms with Gasteiger partial charge in [-0.25, -0.2) is 0 Å². The number of hydrogen-bond acceptors (Lipinski definition) is 2. The number of carbonyl (C=O) groups is 1. The molecule has 110 valence electrons. The van der Waals surface area contributed by atoms with Crippen molar-refractivity contribution in [3.63, 3.8) is 0 Å². The Morgan fingerprint density at radius 1 is 1.09 bits per heavy atom. The number of amides is 1. The molecule has 3 rings (SSSR count).